The zero-order valence-electron chi connectivity index (χ0n) is 15.6. The number of nitrogens with one attached hydrogen (secondary N) is 2. The van der Waals surface area contributed by atoms with Crippen LogP contribution in [0.1, 0.15) is 17.1 Å². The van der Waals surface area contributed by atoms with Crippen LogP contribution in [0, 0.1) is 20.8 Å². The van der Waals surface area contributed by atoms with E-state index < -0.39 is 0 Å². The van der Waals surface area contributed by atoms with Gasteiger partial charge in [0.25, 0.3) is 0 Å². The lowest BCUT2D eigenvalue weighted by Crippen LogP contribution is -1.99. The molecule has 0 aliphatic rings. The molecule has 0 aliphatic carbocycles. The highest BCUT2D eigenvalue weighted by Crippen LogP contribution is 2.38. The Morgan fingerprint density at radius 1 is 0.929 bits per heavy atom. The molecule has 0 radical (unpaired) electrons. The molecule has 28 heavy (non-hydrogen) atoms. The van der Waals surface area contributed by atoms with Crippen LogP contribution in [-0.2, 0) is 0 Å². The largest absolute Gasteiger partial charge is 0.361 e. The van der Waals surface area contributed by atoms with Crippen LogP contribution in [0.2, 0.25) is 0 Å². The van der Waals surface area contributed by atoms with E-state index >= 15 is 0 Å². The quantitative estimate of drug-likeness (QED) is 0.488. The molecule has 7 nitrogen and oxygen atoms in total. The topological polar surface area (TPSA) is 100 Å². The first-order valence-electron chi connectivity index (χ1n) is 8.94. The molecule has 0 saturated carbocycles. The van der Waals surface area contributed by atoms with Gasteiger partial charge in [-0.25, -0.2) is 4.79 Å². The Balaban J connectivity index is 1.93. The Morgan fingerprint density at radius 3 is 2.54 bits per heavy atom. The number of benzene rings is 2. The molecule has 0 unspecified atom stereocenters. The van der Waals surface area contributed by atoms with Crippen LogP contribution >= 0.6 is 0 Å². The smallest absolute Gasteiger partial charge is 0.323 e. The second-order valence-electron chi connectivity index (χ2n) is 6.90. The van der Waals surface area contributed by atoms with Gasteiger partial charge >= 0.3 is 5.69 Å². The van der Waals surface area contributed by atoms with E-state index in [1.54, 1.807) is 0 Å². The molecule has 0 atom stereocenters. The summed E-state index contributed by atoms with van der Waals surface area (Å²) in [5.74, 6) is 0.732. The average Bonchev–Trinajstić information content (AvgIpc) is 3.22. The molecule has 3 aromatic heterocycles. The van der Waals surface area contributed by atoms with Gasteiger partial charge in [0.05, 0.1) is 27.9 Å². The van der Waals surface area contributed by atoms with Crippen molar-refractivity contribution >= 4 is 21.9 Å². The standard InChI is InChI=1S/C21H17N5O2/c1-10-19(14-6-4-5-7-16(14)25-24-10)15-8-13(18-11(2)26-28-12(18)3)9-17-20(15)23-21(27)22-17/h4-9H,1-3H3,(H2,22,23,27). The molecule has 2 aromatic carbocycles. The lowest BCUT2D eigenvalue weighted by Gasteiger charge is -2.12. The third-order valence-corrected chi connectivity index (χ3v) is 5.06. The third-order valence-electron chi connectivity index (χ3n) is 5.06. The van der Waals surface area contributed by atoms with Crippen molar-refractivity contribution < 1.29 is 4.52 Å². The molecular weight excluding hydrogens is 354 g/mol. The zero-order chi connectivity index (χ0) is 19.4. The highest BCUT2D eigenvalue weighted by Gasteiger charge is 2.19. The fraction of sp³-hybridized carbons (Fsp3) is 0.143. The minimum Gasteiger partial charge on any atom is -0.361 e. The summed E-state index contributed by atoms with van der Waals surface area (Å²) in [7, 11) is 0. The molecule has 0 saturated heterocycles. The van der Waals surface area contributed by atoms with Gasteiger partial charge < -0.3 is 14.5 Å². The van der Waals surface area contributed by atoms with Crippen LogP contribution in [-0.4, -0.2) is 25.3 Å². The second-order valence-corrected chi connectivity index (χ2v) is 6.90. The minimum absolute atomic E-state index is 0.254. The number of aromatic amines is 2. The van der Waals surface area contributed by atoms with Gasteiger partial charge in [-0.15, -0.1) is 0 Å². The Labute approximate surface area is 159 Å². The number of hydrogen-bond donors (Lipinski definition) is 2. The summed E-state index contributed by atoms with van der Waals surface area (Å²) in [6.45, 7) is 5.71. The van der Waals surface area contributed by atoms with E-state index in [-0.39, 0.29) is 5.69 Å². The van der Waals surface area contributed by atoms with Crippen LogP contribution in [0.3, 0.4) is 0 Å². The third kappa shape index (κ3) is 2.36. The van der Waals surface area contributed by atoms with Gasteiger partial charge in [-0.1, -0.05) is 23.4 Å². The van der Waals surface area contributed by atoms with Gasteiger partial charge in [-0.3, -0.25) is 0 Å². The van der Waals surface area contributed by atoms with E-state index in [2.05, 4.69) is 31.4 Å². The molecule has 3 heterocycles. The molecule has 0 spiro atoms. The van der Waals surface area contributed by atoms with E-state index in [9.17, 15) is 4.79 Å². The van der Waals surface area contributed by atoms with Crippen LogP contribution in [0.5, 0.6) is 0 Å². The highest BCUT2D eigenvalue weighted by atomic mass is 16.5. The molecule has 5 rings (SSSR count). The monoisotopic (exact) mass is 371 g/mol. The highest BCUT2D eigenvalue weighted by molar-refractivity contribution is 6.04. The van der Waals surface area contributed by atoms with Gasteiger partial charge in [0, 0.05) is 22.1 Å². The van der Waals surface area contributed by atoms with Crippen molar-refractivity contribution in [3.63, 3.8) is 0 Å². The molecular formula is C21H17N5O2. The minimum atomic E-state index is -0.254. The predicted octanol–water partition coefficient (Wildman–Crippen LogP) is 4.05. The molecule has 0 aliphatic heterocycles. The van der Waals surface area contributed by atoms with Crippen LogP contribution in [0.25, 0.3) is 44.2 Å². The van der Waals surface area contributed by atoms with Gasteiger partial charge in [0.15, 0.2) is 0 Å². The number of aromatic nitrogens is 5. The van der Waals surface area contributed by atoms with Gasteiger partial charge in [-0.05, 0) is 44.5 Å². The summed E-state index contributed by atoms with van der Waals surface area (Å²) in [4.78, 5) is 17.9. The fourth-order valence-corrected chi connectivity index (χ4v) is 3.87. The van der Waals surface area contributed by atoms with Crippen LogP contribution in [0.4, 0.5) is 0 Å². The van der Waals surface area contributed by atoms with Gasteiger partial charge in [-0.2, -0.15) is 10.2 Å². The van der Waals surface area contributed by atoms with Crippen LogP contribution in [0.15, 0.2) is 45.7 Å². The molecule has 7 heteroatoms. The van der Waals surface area contributed by atoms with Crippen molar-refractivity contribution in [2.24, 2.45) is 0 Å². The van der Waals surface area contributed by atoms with Crippen LogP contribution < -0.4 is 5.69 Å². The van der Waals surface area contributed by atoms with Crippen molar-refractivity contribution in [1.29, 1.82) is 0 Å². The Hall–Kier alpha value is -3.74. The summed E-state index contributed by atoms with van der Waals surface area (Å²) in [6, 6.07) is 11.9. The normalized spacial score (nSPS) is 11.5. The SMILES string of the molecule is Cc1noc(C)c1-c1cc(-c2c(C)nnc3ccccc23)c2[nH]c(=O)[nH]c2c1. The fourth-order valence-electron chi connectivity index (χ4n) is 3.87. The molecule has 138 valence electrons. The Morgan fingerprint density at radius 2 is 1.75 bits per heavy atom. The number of hydrogen-bond acceptors (Lipinski definition) is 5. The summed E-state index contributed by atoms with van der Waals surface area (Å²) in [6.07, 6.45) is 0. The first-order chi connectivity index (χ1) is 13.5. The summed E-state index contributed by atoms with van der Waals surface area (Å²) < 4.78 is 5.35. The lowest BCUT2D eigenvalue weighted by molar-refractivity contribution is 0.393. The van der Waals surface area contributed by atoms with Crippen molar-refractivity contribution in [1.82, 2.24) is 25.3 Å². The number of fused-ring (bicyclic) bond motifs is 2. The molecule has 2 N–H and O–H groups in total. The lowest BCUT2D eigenvalue weighted by atomic mass is 9.94. The Kier molecular flexibility index (Phi) is 3.45. The predicted molar refractivity (Wildman–Crippen MR) is 107 cm³/mol. The van der Waals surface area contributed by atoms with Crippen molar-refractivity contribution in [3.8, 4) is 22.3 Å². The number of H-pyrrole nitrogens is 2. The molecule has 5 aromatic rings. The van der Waals surface area contributed by atoms with Crippen molar-refractivity contribution in [2.45, 2.75) is 20.8 Å². The summed E-state index contributed by atoms with van der Waals surface area (Å²) in [5, 5.41) is 13.7. The van der Waals surface area contributed by atoms with E-state index in [0.717, 1.165) is 61.3 Å². The number of nitrogens with zero attached hydrogens (tertiary/aromatic N) is 3. The van der Waals surface area contributed by atoms with E-state index in [1.807, 2.05) is 51.1 Å². The summed E-state index contributed by atoms with van der Waals surface area (Å²) in [5.41, 5.74) is 7.28. The van der Waals surface area contributed by atoms with E-state index in [1.165, 1.54) is 0 Å². The van der Waals surface area contributed by atoms with E-state index in [0.29, 0.717) is 0 Å². The maximum atomic E-state index is 12.1. The van der Waals surface area contributed by atoms with Crippen molar-refractivity contribution in [2.75, 3.05) is 0 Å². The second kappa shape index (κ2) is 5.88. The zero-order valence-corrected chi connectivity index (χ0v) is 15.6. The maximum Gasteiger partial charge on any atom is 0.323 e. The molecule has 0 amide bonds. The first kappa shape index (κ1) is 16.4. The van der Waals surface area contributed by atoms with Gasteiger partial charge in [0.2, 0.25) is 0 Å². The van der Waals surface area contributed by atoms with Gasteiger partial charge in [0.1, 0.15) is 5.76 Å². The Bertz CT molecular complexity index is 1400. The molecule has 0 bridgehead atoms. The summed E-state index contributed by atoms with van der Waals surface area (Å²) >= 11 is 0. The number of imidazole rings is 1. The molecule has 0 fully saturated rings. The maximum absolute atomic E-state index is 12.1. The van der Waals surface area contributed by atoms with Crippen molar-refractivity contribution in [3.05, 3.63) is 64.0 Å². The first-order valence-corrected chi connectivity index (χ1v) is 8.94. The number of aryl methyl sites for hydroxylation is 3. The average molecular weight is 371 g/mol. The van der Waals surface area contributed by atoms with E-state index in [4.69, 9.17) is 4.52 Å². The number of rotatable bonds is 2.